The van der Waals surface area contributed by atoms with E-state index >= 15 is 0 Å². The number of alkyl halides is 1. The molecule has 76 valence electrons. The van der Waals surface area contributed by atoms with Gasteiger partial charge in [-0.1, -0.05) is 15.9 Å². The van der Waals surface area contributed by atoms with Crippen molar-refractivity contribution in [2.24, 2.45) is 0 Å². The first-order valence-electron chi connectivity index (χ1n) is 3.75. The summed E-state index contributed by atoms with van der Waals surface area (Å²) in [5, 5.41) is 9.07. The molecule has 0 bridgehead atoms. The second-order valence-electron chi connectivity index (χ2n) is 2.58. The minimum absolute atomic E-state index is 0.337. The molecule has 0 aliphatic heterocycles. The zero-order valence-corrected chi connectivity index (χ0v) is 8.97. The summed E-state index contributed by atoms with van der Waals surface area (Å²) in [6.07, 6.45) is 0. The van der Waals surface area contributed by atoms with Gasteiger partial charge in [0.25, 0.3) is 0 Å². The summed E-state index contributed by atoms with van der Waals surface area (Å²) in [4.78, 5) is 10.6. The molecule has 1 rings (SSSR count). The minimum atomic E-state index is -1.28. The van der Waals surface area contributed by atoms with Gasteiger partial charge in [-0.2, -0.15) is 0 Å². The van der Waals surface area contributed by atoms with Crippen LogP contribution in [0.25, 0.3) is 0 Å². The average molecular weight is 263 g/mol. The second kappa shape index (κ2) is 4.41. The lowest BCUT2D eigenvalue weighted by molar-refractivity contribution is 0.0691. The van der Waals surface area contributed by atoms with Crippen molar-refractivity contribution in [1.29, 1.82) is 0 Å². The van der Waals surface area contributed by atoms with Crippen LogP contribution in [0.5, 0.6) is 5.75 Å². The van der Waals surface area contributed by atoms with Gasteiger partial charge in [-0.25, -0.2) is 9.18 Å². The molecule has 0 saturated heterocycles. The van der Waals surface area contributed by atoms with Crippen LogP contribution in [-0.2, 0) is 5.33 Å². The summed E-state index contributed by atoms with van der Waals surface area (Å²) < 4.78 is 18.0. The molecule has 3 nitrogen and oxygen atoms in total. The maximum atomic E-state index is 13.1. The van der Waals surface area contributed by atoms with Gasteiger partial charge in [0.2, 0.25) is 0 Å². The second-order valence-corrected chi connectivity index (χ2v) is 3.14. The summed E-state index contributed by atoms with van der Waals surface area (Å²) in [5.74, 6) is -1.74. The first-order valence-corrected chi connectivity index (χ1v) is 4.88. The van der Waals surface area contributed by atoms with Crippen molar-refractivity contribution in [3.8, 4) is 5.75 Å². The Morgan fingerprint density at radius 3 is 2.71 bits per heavy atom. The molecule has 5 heteroatoms. The monoisotopic (exact) mass is 262 g/mol. The van der Waals surface area contributed by atoms with Gasteiger partial charge >= 0.3 is 5.97 Å². The molecular formula is C9H8BrFO3. The summed E-state index contributed by atoms with van der Waals surface area (Å²) in [6.45, 7) is 0. The number of carboxylic acids is 1. The van der Waals surface area contributed by atoms with Crippen LogP contribution in [0.1, 0.15) is 15.9 Å². The zero-order chi connectivity index (χ0) is 10.7. The van der Waals surface area contributed by atoms with Crippen LogP contribution in [0.4, 0.5) is 4.39 Å². The Hall–Kier alpha value is -1.10. The largest absolute Gasteiger partial charge is 0.496 e. The van der Waals surface area contributed by atoms with Gasteiger partial charge in [0.1, 0.15) is 11.6 Å². The highest BCUT2D eigenvalue weighted by Gasteiger charge is 2.14. The minimum Gasteiger partial charge on any atom is -0.496 e. The van der Waals surface area contributed by atoms with Crippen molar-refractivity contribution in [2.45, 2.75) is 5.33 Å². The summed E-state index contributed by atoms with van der Waals surface area (Å²) in [7, 11) is 1.40. The van der Waals surface area contributed by atoms with E-state index in [-0.39, 0.29) is 5.56 Å². The average Bonchev–Trinajstić information content (AvgIpc) is 2.16. The molecule has 0 aliphatic carbocycles. The Kier molecular flexibility index (Phi) is 3.46. The first-order chi connectivity index (χ1) is 6.60. The van der Waals surface area contributed by atoms with Crippen LogP contribution >= 0.6 is 15.9 Å². The Labute approximate surface area is 88.6 Å². The lowest BCUT2D eigenvalue weighted by Crippen LogP contribution is -2.03. The van der Waals surface area contributed by atoms with E-state index < -0.39 is 11.8 Å². The zero-order valence-electron chi connectivity index (χ0n) is 7.38. The van der Waals surface area contributed by atoms with Gasteiger partial charge in [-0.05, 0) is 6.07 Å². The third kappa shape index (κ3) is 2.04. The molecule has 0 radical (unpaired) electrons. The van der Waals surface area contributed by atoms with E-state index in [9.17, 15) is 9.18 Å². The number of methoxy groups -OCH3 is 1. The normalized spacial score (nSPS) is 9.93. The molecule has 0 aliphatic rings. The number of carbonyl (C=O) groups is 1. The van der Waals surface area contributed by atoms with Gasteiger partial charge in [0.05, 0.1) is 12.7 Å². The topological polar surface area (TPSA) is 46.5 Å². The maximum absolute atomic E-state index is 13.1. The predicted molar refractivity (Wildman–Crippen MR) is 52.5 cm³/mol. The van der Waals surface area contributed by atoms with E-state index in [1.54, 1.807) is 0 Å². The number of carboxylic acid groups (broad SMARTS) is 1. The molecule has 0 amide bonds. The first kappa shape index (κ1) is 11.0. The highest BCUT2D eigenvalue weighted by atomic mass is 79.9. The fourth-order valence-corrected chi connectivity index (χ4v) is 1.50. The van der Waals surface area contributed by atoms with Crippen molar-refractivity contribution >= 4 is 21.9 Å². The quantitative estimate of drug-likeness (QED) is 0.852. The third-order valence-corrected chi connectivity index (χ3v) is 2.35. The molecule has 1 aromatic carbocycles. The lowest BCUT2D eigenvalue weighted by atomic mass is 10.1. The number of hydrogen-bond donors (Lipinski definition) is 1. The van der Waals surface area contributed by atoms with Crippen LogP contribution in [-0.4, -0.2) is 18.2 Å². The van der Waals surface area contributed by atoms with E-state index in [2.05, 4.69) is 15.9 Å². The summed E-state index contributed by atoms with van der Waals surface area (Å²) in [6, 6.07) is 2.32. The smallest absolute Gasteiger partial charge is 0.338 e. The SMILES string of the molecule is COc1cc(F)c(C(=O)O)cc1CBr. The number of halogens is 2. The van der Waals surface area contributed by atoms with Gasteiger partial charge in [-0.15, -0.1) is 0 Å². The lowest BCUT2D eigenvalue weighted by Gasteiger charge is -2.07. The molecular weight excluding hydrogens is 255 g/mol. The highest BCUT2D eigenvalue weighted by molar-refractivity contribution is 9.08. The summed E-state index contributed by atoms with van der Waals surface area (Å²) >= 11 is 3.16. The molecule has 0 heterocycles. The Balaban J connectivity index is 3.30. The van der Waals surface area contributed by atoms with E-state index in [1.165, 1.54) is 13.2 Å². The Bertz CT molecular complexity index is 365. The van der Waals surface area contributed by atoms with E-state index in [0.29, 0.717) is 16.6 Å². The van der Waals surface area contributed by atoms with Gasteiger partial charge in [0, 0.05) is 17.0 Å². The standard InChI is InChI=1S/C9H8BrFO3/c1-14-8-3-7(11)6(9(12)13)2-5(8)4-10/h2-3H,4H2,1H3,(H,12,13). The molecule has 14 heavy (non-hydrogen) atoms. The van der Waals surface area contributed by atoms with E-state index in [1.807, 2.05) is 0 Å². The van der Waals surface area contributed by atoms with Crippen LogP contribution in [0.15, 0.2) is 12.1 Å². The predicted octanol–water partition coefficient (Wildman–Crippen LogP) is 2.43. The van der Waals surface area contributed by atoms with E-state index in [4.69, 9.17) is 9.84 Å². The van der Waals surface area contributed by atoms with Crippen molar-refractivity contribution in [2.75, 3.05) is 7.11 Å². The number of rotatable bonds is 3. The molecule has 0 saturated carbocycles. The number of aromatic carboxylic acids is 1. The van der Waals surface area contributed by atoms with Crippen molar-refractivity contribution in [1.82, 2.24) is 0 Å². The van der Waals surface area contributed by atoms with Crippen LogP contribution < -0.4 is 4.74 Å². The molecule has 0 aromatic heterocycles. The molecule has 0 unspecified atom stereocenters. The molecule has 1 aromatic rings. The third-order valence-electron chi connectivity index (χ3n) is 1.74. The molecule has 0 atom stereocenters. The van der Waals surface area contributed by atoms with Gasteiger partial charge < -0.3 is 9.84 Å². The van der Waals surface area contributed by atoms with Crippen molar-refractivity contribution in [3.05, 3.63) is 29.1 Å². The van der Waals surface area contributed by atoms with Crippen molar-refractivity contribution < 1.29 is 19.0 Å². The fourth-order valence-electron chi connectivity index (χ4n) is 1.06. The van der Waals surface area contributed by atoms with Crippen LogP contribution in [0.2, 0.25) is 0 Å². The maximum Gasteiger partial charge on any atom is 0.338 e. The fraction of sp³-hybridized carbons (Fsp3) is 0.222. The molecule has 0 fully saturated rings. The van der Waals surface area contributed by atoms with Gasteiger partial charge in [-0.3, -0.25) is 0 Å². The summed E-state index contributed by atoms with van der Waals surface area (Å²) in [5.41, 5.74) is 0.256. The number of hydrogen-bond acceptors (Lipinski definition) is 2. The van der Waals surface area contributed by atoms with Crippen LogP contribution in [0.3, 0.4) is 0 Å². The number of benzene rings is 1. The van der Waals surface area contributed by atoms with Gasteiger partial charge in [0.15, 0.2) is 0 Å². The molecule has 0 spiro atoms. The van der Waals surface area contributed by atoms with Crippen molar-refractivity contribution in [3.63, 3.8) is 0 Å². The van der Waals surface area contributed by atoms with Crippen LogP contribution in [0, 0.1) is 5.82 Å². The number of ether oxygens (including phenoxy) is 1. The van der Waals surface area contributed by atoms with E-state index in [0.717, 1.165) is 6.07 Å². The highest BCUT2D eigenvalue weighted by Crippen LogP contribution is 2.24. The molecule has 1 N–H and O–H groups in total. The Morgan fingerprint density at radius 1 is 1.64 bits per heavy atom. The Morgan fingerprint density at radius 2 is 2.29 bits per heavy atom.